The topological polar surface area (TPSA) is 76.4 Å². The van der Waals surface area contributed by atoms with Crippen LogP contribution in [0.3, 0.4) is 0 Å². The molecule has 0 saturated carbocycles. The van der Waals surface area contributed by atoms with E-state index in [0.29, 0.717) is 18.7 Å². The minimum Gasteiger partial charge on any atom is -0.392 e. The molecule has 20 heavy (non-hydrogen) atoms. The zero-order chi connectivity index (χ0) is 15.1. The van der Waals surface area contributed by atoms with E-state index in [-0.39, 0.29) is 12.1 Å². The quantitative estimate of drug-likeness (QED) is 0.861. The number of hydrogen-bond acceptors (Lipinski definition) is 3. The van der Waals surface area contributed by atoms with E-state index in [2.05, 4.69) is 11.4 Å². The first kappa shape index (κ1) is 16.0. The molecule has 0 aliphatic heterocycles. The lowest BCUT2D eigenvalue weighted by Gasteiger charge is -2.28. The monoisotopic (exact) mass is 275 g/mol. The van der Waals surface area contributed by atoms with Gasteiger partial charge in [-0.25, -0.2) is 4.79 Å². The Hall–Kier alpha value is -2.06. The number of benzene rings is 1. The van der Waals surface area contributed by atoms with Crippen LogP contribution in [-0.2, 0) is 6.54 Å². The van der Waals surface area contributed by atoms with Crippen molar-refractivity contribution in [2.45, 2.75) is 39.5 Å². The number of nitrogens with zero attached hydrogens (tertiary/aromatic N) is 2. The SMILES string of the molecule is CC(O)CN(C(=O)NCc1ccc(C#N)cc1)C(C)C. The summed E-state index contributed by atoms with van der Waals surface area (Å²) < 4.78 is 0. The average molecular weight is 275 g/mol. The maximum absolute atomic E-state index is 12.1. The summed E-state index contributed by atoms with van der Waals surface area (Å²) in [6, 6.07) is 8.93. The van der Waals surface area contributed by atoms with Gasteiger partial charge in [0, 0.05) is 19.1 Å². The minimum absolute atomic E-state index is 0.0190. The molecule has 5 nitrogen and oxygen atoms in total. The van der Waals surface area contributed by atoms with Gasteiger partial charge in [0.05, 0.1) is 17.7 Å². The van der Waals surface area contributed by atoms with Crippen molar-refractivity contribution in [3.05, 3.63) is 35.4 Å². The Labute approximate surface area is 119 Å². The minimum atomic E-state index is -0.557. The first-order valence-corrected chi connectivity index (χ1v) is 6.65. The zero-order valence-corrected chi connectivity index (χ0v) is 12.1. The van der Waals surface area contributed by atoms with Crippen molar-refractivity contribution in [1.29, 1.82) is 5.26 Å². The highest BCUT2D eigenvalue weighted by Crippen LogP contribution is 2.05. The molecule has 0 aliphatic carbocycles. The molecule has 1 unspecified atom stereocenters. The normalized spacial score (nSPS) is 11.8. The van der Waals surface area contributed by atoms with Gasteiger partial charge in [0.2, 0.25) is 0 Å². The molecule has 1 rings (SSSR count). The van der Waals surface area contributed by atoms with E-state index in [4.69, 9.17) is 5.26 Å². The molecule has 0 heterocycles. The van der Waals surface area contributed by atoms with Crippen LogP contribution < -0.4 is 5.32 Å². The van der Waals surface area contributed by atoms with Crippen molar-refractivity contribution in [2.75, 3.05) is 6.54 Å². The first-order chi connectivity index (χ1) is 9.43. The molecule has 0 saturated heterocycles. The molecule has 2 N–H and O–H groups in total. The van der Waals surface area contributed by atoms with Crippen LogP contribution in [0.15, 0.2) is 24.3 Å². The number of rotatable bonds is 5. The molecule has 5 heteroatoms. The lowest BCUT2D eigenvalue weighted by molar-refractivity contribution is 0.119. The number of aliphatic hydroxyl groups excluding tert-OH is 1. The van der Waals surface area contributed by atoms with Gasteiger partial charge in [0.25, 0.3) is 0 Å². The van der Waals surface area contributed by atoms with Crippen molar-refractivity contribution in [3.63, 3.8) is 0 Å². The summed E-state index contributed by atoms with van der Waals surface area (Å²) in [5.74, 6) is 0. The Kier molecular flexibility index (Phi) is 6.01. The smallest absolute Gasteiger partial charge is 0.317 e. The third kappa shape index (κ3) is 4.90. The van der Waals surface area contributed by atoms with Gasteiger partial charge >= 0.3 is 6.03 Å². The number of aliphatic hydroxyl groups is 1. The number of carbonyl (C=O) groups is 1. The predicted molar refractivity (Wildman–Crippen MR) is 76.9 cm³/mol. The highest BCUT2D eigenvalue weighted by atomic mass is 16.3. The summed E-state index contributed by atoms with van der Waals surface area (Å²) in [6.45, 7) is 6.17. The van der Waals surface area contributed by atoms with Crippen LogP contribution in [0, 0.1) is 11.3 Å². The average Bonchev–Trinajstić information content (AvgIpc) is 2.42. The van der Waals surface area contributed by atoms with Crippen LogP contribution in [0.5, 0.6) is 0 Å². The van der Waals surface area contributed by atoms with Crippen molar-refractivity contribution in [2.24, 2.45) is 0 Å². The van der Waals surface area contributed by atoms with Crippen LogP contribution in [0.4, 0.5) is 4.79 Å². The second kappa shape index (κ2) is 7.51. The maximum atomic E-state index is 12.1. The highest BCUT2D eigenvalue weighted by molar-refractivity contribution is 5.74. The molecule has 0 bridgehead atoms. The van der Waals surface area contributed by atoms with E-state index in [1.54, 1.807) is 24.0 Å². The first-order valence-electron chi connectivity index (χ1n) is 6.65. The van der Waals surface area contributed by atoms with Crippen molar-refractivity contribution < 1.29 is 9.90 Å². The molecular formula is C15H21N3O2. The Bertz CT molecular complexity index is 475. The summed E-state index contributed by atoms with van der Waals surface area (Å²) in [5.41, 5.74) is 1.52. The Morgan fingerprint density at radius 2 is 1.95 bits per heavy atom. The Balaban J connectivity index is 2.58. The van der Waals surface area contributed by atoms with E-state index in [0.717, 1.165) is 5.56 Å². The molecular weight excluding hydrogens is 254 g/mol. The van der Waals surface area contributed by atoms with Crippen LogP contribution in [0.25, 0.3) is 0 Å². The van der Waals surface area contributed by atoms with E-state index in [9.17, 15) is 9.90 Å². The van der Waals surface area contributed by atoms with E-state index in [1.165, 1.54) is 0 Å². The van der Waals surface area contributed by atoms with E-state index < -0.39 is 6.10 Å². The molecule has 0 aliphatic rings. The molecule has 1 atom stereocenters. The standard InChI is InChI=1S/C15H21N3O2/c1-11(2)18(10-12(3)19)15(20)17-9-14-6-4-13(8-16)5-7-14/h4-7,11-12,19H,9-10H2,1-3H3,(H,17,20). The van der Waals surface area contributed by atoms with Gasteiger partial charge < -0.3 is 15.3 Å². The summed E-state index contributed by atoms with van der Waals surface area (Å²) in [4.78, 5) is 13.7. The summed E-state index contributed by atoms with van der Waals surface area (Å²) in [7, 11) is 0. The third-order valence-corrected chi connectivity index (χ3v) is 2.87. The molecule has 0 radical (unpaired) electrons. The van der Waals surface area contributed by atoms with E-state index in [1.807, 2.05) is 26.0 Å². The fourth-order valence-corrected chi connectivity index (χ4v) is 1.79. The second-order valence-electron chi connectivity index (χ2n) is 5.06. The van der Waals surface area contributed by atoms with Gasteiger partial charge in [0.15, 0.2) is 0 Å². The molecule has 0 aromatic heterocycles. The molecule has 0 spiro atoms. The van der Waals surface area contributed by atoms with Gasteiger partial charge in [-0.05, 0) is 38.5 Å². The molecule has 2 amide bonds. The number of nitrogens with one attached hydrogen (secondary N) is 1. The van der Waals surface area contributed by atoms with Gasteiger partial charge in [-0.2, -0.15) is 5.26 Å². The summed E-state index contributed by atoms with van der Waals surface area (Å²) in [5, 5.41) is 20.9. The fraction of sp³-hybridized carbons (Fsp3) is 0.467. The fourth-order valence-electron chi connectivity index (χ4n) is 1.79. The van der Waals surface area contributed by atoms with E-state index >= 15 is 0 Å². The number of urea groups is 1. The Morgan fingerprint density at radius 1 is 1.35 bits per heavy atom. The highest BCUT2D eigenvalue weighted by Gasteiger charge is 2.18. The van der Waals surface area contributed by atoms with Gasteiger partial charge in [0.1, 0.15) is 0 Å². The third-order valence-electron chi connectivity index (χ3n) is 2.87. The maximum Gasteiger partial charge on any atom is 0.317 e. The van der Waals surface area contributed by atoms with Crippen LogP contribution in [0.2, 0.25) is 0 Å². The zero-order valence-electron chi connectivity index (χ0n) is 12.1. The molecule has 0 fully saturated rings. The van der Waals surface area contributed by atoms with Crippen molar-refractivity contribution >= 4 is 6.03 Å². The number of amides is 2. The lowest BCUT2D eigenvalue weighted by atomic mass is 10.1. The van der Waals surface area contributed by atoms with Gasteiger partial charge in [-0.3, -0.25) is 0 Å². The van der Waals surface area contributed by atoms with Crippen LogP contribution in [0.1, 0.15) is 31.9 Å². The molecule has 1 aromatic carbocycles. The predicted octanol–water partition coefficient (Wildman–Crippen LogP) is 1.86. The number of nitriles is 1. The summed E-state index contributed by atoms with van der Waals surface area (Å²) in [6.07, 6.45) is -0.557. The van der Waals surface area contributed by atoms with Gasteiger partial charge in [-0.15, -0.1) is 0 Å². The van der Waals surface area contributed by atoms with Gasteiger partial charge in [-0.1, -0.05) is 12.1 Å². The number of carbonyl (C=O) groups excluding carboxylic acids is 1. The lowest BCUT2D eigenvalue weighted by Crippen LogP contribution is -2.46. The van der Waals surface area contributed by atoms with Crippen LogP contribution in [-0.4, -0.2) is 34.7 Å². The van der Waals surface area contributed by atoms with Crippen molar-refractivity contribution in [3.8, 4) is 6.07 Å². The largest absolute Gasteiger partial charge is 0.392 e. The van der Waals surface area contributed by atoms with Crippen LogP contribution >= 0.6 is 0 Å². The second-order valence-corrected chi connectivity index (χ2v) is 5.06. The molecule has 1 aromatic rings. The summed E-state index contributed by atoms with van der Waals surface area (Å²) >= 11 is 0. The van der Waals surface area contributed by atoms with Crippen molar-refractivity contribution in [1.82, 2.24) is 10.2 Å². The Morgan fingerprint density at radius 3 is 2.40 bits per heavy atom. The number of hydrogen-bond donors (Lipinski definition) is 2. The molecule has 108 valence electrons.